The Hall–Kier alpha value is -5.36. The van der Waals surface area contributed by atoms with Crippen molar-refractivity contribution in [3.63, 3.8) is 0 Å². The molecule has 5 rings (SSSR count). The molecule has 0 spiro atoms. The van der Waals surface area contributed by atoms with E-state index in [9.17, 15) is 9.59 Å². The van der Waals surface area contributed by atoms with Crippen molar-refractivity contribution in [3.8, 4) is 5.75 Å². The van der Waals surface area contributed by atoms with Crippen LogP contribution in [0.25, 0.3) is 0 Å². The summed E-state index contributed by atoms with van der Waals surface area (Å²) in [5, 5.41) is 3.27. The summed E-state index contributed by atoms with van der Waals surface area (Å²) in [5.74, 6) is 0.256. The molecule has 240 valence electrons. The topological polar surface area (TPSA) is 67.9 Å². The Morgan fingerprint density at radius 1 is 0.745 bits per heavy atom. The highest BCUT2D eigenvalue weighted by molar-refractivity contribution is 6.12. The molecule has 0 aliphatic rings. The van der Waals surface area contributed by atoms with Gasteiger partial charge in [0.05, 0.1) is 13.7 Å². The molecule has 0 aliphatic carbocycles. The van der Waals surface area contributed by atoms with Crippen LogP contribution in [0.4, 0.5) is 11.4 Å². The lowest BCUT2D eigenvalue weighted by Crippen LogP contribution is -2.33. The second-order valence-corrected chi connectivity index (χ2v) is 11.4. The van der Waals surface area contributed by atoms with Crippen molar-refractivity contribution in [1.29, 1.82) is 0 Å². The van der Waals surface area contributed by atoms with Gasteiger partial charge < -0.3 is 19.7 Å². The van der Waals surface area contributed by atoms with Crippen LogP contribution in [0, 0.1) is 0 Å². The minimum Gasteiger partial charge on any atom is -0.494 e. The molecular formula is C41H42N2O4. The maximum Gasteiger partial charge on any atom is 0.328 e. The lowest BCUT2D eigenvalue weighted by molar-refractivity contribution is -0.141. The molecule has 0 heterocycles. The van der Waals surface area contributed by atoms with E-state index in [0.29, 0.717) is 29.8 Å². The van der Waals surface area contributed by atoms with E-state index in [-0.39, 0.29) is 5.78 Å². The molecule has 0 amide bonds. The van der Waals surface area contributed by atoms with Gasteiger partial charge in [0, 0.05) is 42.0 Å². The third kappa shape index (κ3) is 9.33. The van der Waals surface area contributed by atoms with Crippen LogP contribution >= 0.6 is 0 Å². The van der Waals surface area contributed by atoms with Gasteiger partial charge in [-0.15, -0.1) is 0 Å². The zero-order valence-electron chi connectivity index (χ0n) is 27.1. The van der Waals surface area contributed by atoms with E-state index >= 15 is 0 Å². The summed E-state index contributed by atoms with van der Waals surface area (Å²) >= 11 is 0. The number of rotatable bonds is 16. The zero-order chi connectivity index (χ0) is 32.8. The summed E-state index contributed by atoms with van der Waals surface area (Å²) in [6.45, 7) is 4.46. The number of aryl methyl sites for hydroxylation is 1. The lowest BCUT2D eigenvalue weighted by atomic mass is 10.00. The van der Waals surface area contributed by atoms with Gasteiger partial charge in [0.2, 0.25) is 0 Å². The molecule has 0 fully saturated rings. The summed E-state index contributed by atoms with van der Waals surface area (Å²) < 4.78 is 11.2. The standard InChI is InChI=1S/C41H42N2O4/c1-3-31-16-12-19-35(28-31)43(30-33-14-6-4-7-15-33)26-13-27-47-36-24-22-32(23-25-36)29-39(41(45)46-2)42-38-21-11-10-20-37(38)40(44)34-17-8-5-9-18-34/h4-12,14-25,28,39,42H,3,13,26-27,29-30H2,1-2H3/t39-/m0/s1. The van der Waals surface area contributed by atoms with E-state index in [1.165, 1.54) is 23.9 Å². The molecule has 0 radical (unpaired) electrons. The predicted octanol–water partition coefficient (Wildman–Crippen LogP) is 8.15. The van der Waals surface area contributed by atoms with Crippen LogP contribution in [0.5, 0.6) is 5.75 Å². The van der Waals surface area contributed by atoms with Crippen LogP contribution < -0.4 is 15.0 Å². The molecule has 47 heavy (non-hydrogen) atoms. The summed E-state index contributed by atoms with van der Waals surface area (Å²) in [6.07, 6.45) is 2.25. The molecule has 0 saturated heterocycles. The number of hydrogen-bond donors (Lipinski definition) is 1. The minimum atomic E-state index is -0.682. The van der Waals surface area contributed by atoms with Crippen molar-refractivity contribution in [1.82, 2.24) is 0 Å². The summed E-state index contributed by atoms with van der Waals surface area (Å²) in [7, 11) is 1.37. The van der Waals surface area contributed by atoms with Crippen molar-refractivity contribution < 1.29 is 19.1 Å². The highest BCUT2D eigenvalue weighted by atomic mass is 16.5. The van der Waals surface area contributed by atoms with Crippen molar-refractivity contribution in [2.24, 2.45) is 0 Å². The first-order valence-electron chi connectivity index (χ1n) is 16.2. The van der Waals surface area contributed by atoms with Crippen molar-refractivity contribution in [2.45, 2.75) is 38.8 Å². The fraction of sp³-hybridized carbons (Fsp3) is 0.220. The quantitative estimate of drug-likeness (QED) is 0.0677. The third-order valence-corrected chi connectivity index (χ3v) is 8.13. The van der Waals surface area contributed by atoms with E-state index in [1.807, 2.05) is 66.7 Å². The average molecular weight is 627 g/mol. The highest BCUT2D eigenvalue weighted by Crippen LogP contribution is 2.23. The van der Waals surface area contributed by atoms with Gasteiger partial charge in [-0.3, -0.25) is 4.79 Å². The number of nitrogens with one attached hydrogen (secondary N) is 1. The van der Waals surface area contributed by atoms with E-state index < -0.39 is 12.0 Å². The fourth-order valence-corrected chi connectivity index (χ4v) is 5.55. The maximum atomic E-state index is 13.2. The summed E-state index contributed by atoms with van der Waals surface area (Å²) in [5.41, 5.74) is 6.43. The Morgan fingerprint density at radius 3 is 2.15 bits per heavy atom. The molecule has 5 aromatic carbocycles. The smallest absolute Gasteiger partial charge is 0.328 e. The van der Waals surface area contributed by atoms with E-state index in [4.69, 9.17) is 9.47 Å². The van der Waals surface area contributed by atoms with Gasteiger partial charge >= 0.3 is 5.97 Å². The van der Waals surface area contributed by atoms with Crippen LogP contribution in [0.15, 0.2) is 133 Å². The first-order chi connectivity index (χ1) is 23.0. The number of hydrogen-bond acceptors (Lipinski definition) is 6. The Kier molecular flexibility index (Phi) is 11.8. The van der Waals surface area contributed by atoms with Gasteiger partial charge in [-0.25, -0.2) is 4.79 Å². The van der Waals surface area contributed by atoms with Gasteiger partial charge in [0.25, 0.3) is 0 Å². The van der Waals surface area contributed by atoms with Gasteiger partial charge in [0.15, 0.2) is 5.78 Å². The monoisotopic (exact) mass is 626 g/mol. The Morgan fingerprint density at radius 2 is 1.43 bits per heavy atom. The number of methoxy groups -OCH3 is 1. The number of anilines is 2. The molecule has 1 N–H and O–H groups in total. The predicted molar refractivity (Wildman–Crippen MR) is 189 cm³/mol. The molecule has 1 atom stereocenters. The van der Waals surface area contributed by atoms with Crippen molar-refractivity contribution in [3.05, 3.63) is 161 Å². The second kappa shape index (κ2) is 16.8. The Balaban J connectivity index is 1.19. The first-order valence-corrected chi connectivity index (χ1v) is 16.2. The molecule has 0 bridgehead atoms. The average Bonchev–Trinajstić information content (AvgIpc) is 3.13. The maximum absolute atomic E-state index is 13.2. The summed E-state index contributed by atoms with van der Waals surface area (Å²) in [4.78, 5) is 28.5. The van der Waals surface area contributed by atoms with Gasteiger partial charge in [-0.1, -0.05) is 104 Å². The number of ketones is 1. The minimum absolute atomic E-state index is 0.114. The van der Waals surface area contributed by atoms with Gasteiger partial charge in [0.1, 0.15) is 11.8 Å². The Bertz CT molecular complexity index is 1720. The van der Waals surface area contributed by atoms with E-state index in [0.717, 1.165) is 37.2 Å². The molecule has 0 unspecified atom stereocenters. The molecule has 6 heteroatoms. The molecule has 6 nitrogen and oxygen atoms in total. The van der Waals surface area contributed by atoms with Crippen LogP contribution in [0.2, 0.25) is 0 Å². The number of para-hydroxylation sites is 1. The SMILES string of the molecule is CCc1cccc(N(CCCOc2ccc(C[C@H](Nc3ccccc3C(=O)c3ccccc3)C(=O)OC)cc2)Cc2ccccc2)c1. The largest absolute Gasteiger partial charge is 0.494 e. The van der Waals surface area contributed by atoms with Crippen LogP contribution in [-0.2, 0) is 28.9 Å². The molecule has 0 saturated carbocycles. The molecule has 0 aliphatic heterocycles. The molecule has 0 aromatic heterocycles. The van der Waals surface area contributed by atoms with Crippen molar-refractivity contribution >= 4 is 23.1 Å². The third-order valence-electron chi connectivity index (χ3n) is 8.13. The van der Waals surface area contributed by atoms with E-state index in [2.05, 4.69) is 65.7 Å². The number of esters is 1. The number of carbonyl (C=O) groups excluding carboxylic acids is 2. The lowest BCUT2D eigenvalue weighted by Gasteiger charge is -2.26. The summed E-state index contributed by atoms with van der Waals surface area (Å²) in [6, 6.07) is 42.8. The number of nitrogens with zero attached hydrogens (tertiary/aromatic N) is 1. The fourth-order valence-electron chi connectivity index (χ4n) is 5.55. The molecular weight excluding hydrogens is 584 g/mol. The van der Waals surface area contributed by atoms with Crippen LogP contribution in [0.1, 0.15) is 46.0 Å². The van der Waals surface area contributed by atoms with Gasteiger partial charge in [-0.2, -0.15) is 0 Å². The first kappa shape index (κ1) is 33.0. The normalized spacial score (nSPS) is 11.4. The van der Waals surface area contributed by atoms with Gasteiger partial charge in [-0.05, 0) is 65.9 Å². The second-order valence-electron chi connectivity index (χ2n) is 11.4. The van der Waals surface area contributed by atoms with Crippen molar-refractivity contribution in [2.75, 3.05) is 30.5 Å². The van der Waals surface area contributed by atoms with E-state index in [1.54, 1.807) is 18.2 Å². The molecule has 5 aromatic rings. The van der Waals surface area contributed by atoms with Crippen LogP contribution in [0.3, 0.4) is 0 Å². The number of ether oxygens (including phenoxy) is 2. The zero-order valence-corrected chi connectivity index (χ0v) is 27.1. The Labute approximate surface area is 278 Å². The van der Waals surface area contributed by atoms with Crippen LogP contribution in [-0.4, -0.2) is 38.1 Å². The number of carbonyl (C=O) groups is 2. The number of benzene rings is 5. The highest BCUT2D eigenvalue weighted by Gasteiger charge is 2.22.